The molecule has 0 aliphatic heterocycles. The van der Waals surface area contributed by atoms with Crippen molar-refractivity contribution in [3.63, 3.8) is 0 Å². The Labute approximate surface area is 121 Å². The van der Waals surface area contributed by atoms with Gasteiger partial charge in [0.05, 0.1) is 5.69 Å². The molecule has 0 bridgehead atoms. The number of hydrogen-bond acceptors (Lipinski definition) is 3. The van der Waals surface area contributed by atoms with E-state index in [1.54, 1.807) is 0 Å². The molecule has 2 rings (SSSR count). The lowest BCUT2D eigenvalue weighted by Crippen LogP contribution is -2.15. The lowest BCUT2D eigenvalue weighted by molar-refractivity contribution is 0.571. The Balaban J connectivity index is 2.02. The fourth-order valence-corrected chi connectivity index (χ4v) is 2.44. The van der Waals surface area contributed by atoms with E-state index in [0.717, 1.165) is 44.0 Å². The van der Waals surface area contributed by atoms with Crippen molar-refractivity contribution in [2.24, 2.45) is 7.05 Å². The fraction of sp³-hybridized carbons (Fsp3) is 0.600. The first-order valence-electron chi connectivity index (χ1n) is 7.33. The van der Waals surface area contributed by atoms with E-state index in [9.17, 15) is 0 Å². The van der Waals surface area contributed by atoms with Crippen molar-refractivity contribution in [2.45, 2.75) is 46.7 Å². The van der Waals surface area contributed by atoms with Gasteiger partial charge in [-0.1, -0.05) is 6.92 Å². The van der Waals surface area contributed by atoms with Gasteiger partial charge in [0.15, 0.2) is 0 Å². The molecule has 0 unspecified atom stereocenters. The van der Waals surface area contributed by atoms with Gasteiger partial charge in [0.2, 0.25) is 0 Å². The van der Waals surface area contributed by atoms with Crippen LogP contribution in [-0.2, 0) is 26.6 Å². The van der Waals surface area contributed by atoms with E-state index in [2.05, 4.69) is 45.4 Å². The van der Waals surface area contributed by atoms with Crippen LogP contribution in [0, 0.1) is 13.8 Å². The normalized spacial score (nSPS) is 11.2. The molecule has 2 heterocycles. The summed E-state index contributed by atoms with van der Waals surface area (Å²) in [6.45, 7) is 9.27. The van der Waals surface area contributed by atoms with Gasteiger partial charge in [-0.05, 0) is 26.8 Å². The van der Waals surface area contributed by atoms with Crippen molar-refractivity contribution in [2.75, 3.05) is 6.54 Å². The predicted molar refractivity (Wildman–Crippen MR) is 80.6 cm³/mol. The maximum Gasteiger partial charge on any atom is 0.110 e. The first-order valence-corrected chi connectivity index (χ1v) is 7.33. The van der Waals surface area contributed by atoms with Crippen LogP contribution in [0.5, 0.6) is 0 Å². The van der Waals surface area contributed by atoms with Gasteiger partial charge in [0.1, 0.15) is 5.82 Å². The quantitative estimate of drug-likeness (QED) is 0.786. The first kappa shape index (κ1) is 14.8. The molecular formula is C15H25N5. The molecular weight excluding hydrogens is 250 g/mol. The maximum absolute atomic E-state index is 4.66. The van der Waals surface area contributed by atoms with Crippen LogP contribution >= 0.6 is 0 Å². The summed E-state index contributed by atoms with van der Waals surface area (Å²) >= 11 is 0. The second-order valence-corrected chi connectivity index (χ2v) is 5.25. The van der Waals surface area contributed by atoms with Gasteiger partial charge < -0.3 is 9.88 Å². The summed E-state index contributed by atoms with van der Waals surface area (Å²) in [5, 5.41) is 8.11. The van der Waals surface area contributed by atoms with Crippen LogP contribution in [0.1, 0.15) is 36.1 Å². The lowest BCUT2D eigenvalue weighted by Gasteiger charge is -2.06. The molecule has 0 saturated carbocycles. The molecule has 2 aromatic rings. The molecule has 0 saturated heterocycles. The van der Waals surface area contributed by atoms with Crippen LogP contribution in [-0.4, -0.2) is 25.9 Å². The number of nitrogens with one attached hydrogen (secondary N) is 1. The Morgan fingerprint density at radius 2 is 2.10 bits per heavy atom. The van der Waals surface area contributed by atoms with E-state index in [4.69, 9.17) is 0 Å². The fourth-order valence-electron chi connectivity index (χ4n) is 2.44. The Bertz CT molecular complexity index is 553. The first-order chi connectivity index (χ1) is 9.63. The van der Waals surface area contributed by atoms with Crippen LogP contribution < -0.4 is 5.32 Å². The number of rotatable bonds is 7. The number of imidazole rings is 1. The maximum atomic E-state index is 4.66. The Kier molecular flexibility index (Phi) is 4.95. The summed E-state index contributed by atoms with van der Waals surface area (Å²) in [5.41, 5.74) is 3.73. The molecule has 2 aromatic heterocycles. The van der Waals surface area contributed by atoms with Crippen molar-refractivity contribution in [3.05, 3.63) is 35.2 Å². The highest BCUT2D eigenvalue weighted by Gasteiger charge is 2.11. The molecule has 1 N–H and O–H groups in total. The SMILES string of the molecule is CCCNCc1c(C)nn(CCc2nccn2C)c1C. The highest BCUT2D eigenvalue weighted by atomic mass is 15.3. The largest absolute Gasteiger partial charge is 0.338 e. The van der Waals surface area contributed by atoms with Gasteiger partial charge >= 0.3 is 0 Å². The number of aromatic nitrogens is 4. The summed E-state index contributed by atoms with van der Waals surface area (Å²) in [7, 11) is 2.03. The standard InChI is InChI=1S/C15H25N5/c1-5-7-16-11-14-12(2)18-20(13(14)3)9-6-15-17-8-10-19(15)4/h8,10,16H,5-7,9,11H2,1-4H3. The number of aryl methyl sites for hydroxylation is 4. The van der Waals surface area contributed by atoms with Crippen LogP contribution in [0.2, 0.25) is 0 Å². The van der Waals surface area contributed by atoms with Crippen molar-refractivity contribution in [1.29, 1.82) is 0 Å². The molecule has 0 fully saturated rings. The zero-order chi connectivity index (χ0) is 14.5. The number of hydrogen-bond donors (Lipinski definition) is 1. The second-order valence-electron chi connectivity index (χ2n) is 5.25. The monoisotopic (exact) mass is 275 g/mol. The second kappa shape index (κ2) is 6.70. The third-order valence-electron chi connectivity index (χ3n) is 3.73. The van der Waals surface area contributed by atoms with Gasteiger partial charge in [0, 0.05) is 50.2 Å². The van der Waals surface area contributed by atoms with Crippen molar-refractivity contribution in [1.82, 2.24) is 24.6 Å². The predicted octanol–water partition coefficient (Wildman–Crippen LogP) is 1.98. The zero-order valence-electron chi connectivity index (χ0n) is 13.0. The molecule has 0 radical (unpaired) electrons. The summed E-state index contributed by atoms with van der Waals surface area (Å²) < 4.78 is 4.17. The van der Waals surface area contributed by atoms with E-state index in [1.165, 1.54) is 11.3 Å². The van der Waals surface area contributed by atoms with E-state index in [-0.39, 0.29) is 0 Å². The van der Waals surface area contributed by atoms with Crippen molar-refractivity contribution < 1.29 is 0 Å². The molecule has 20 heavy (non-hydrogen) atoms. The summed E-state index contributed by atoms with van der Waals surface area (Å²) in [6.07, 6.45) is 5.89. The molecule has 0 atom stereocenters. The highest BCUT2D eigenvalue weighted by Crippen LogP contribution is 2.13. The molecule has 0 amide bonds. The molecule has 5 heteroatoms. The van der Waals surface area contributed by atoms with Gasteiger partial charge in [-0.25, -0.2) is 4.98 Å². The Morgan fingerprint density at radius 3 is 2.75 bits per heavy atom. The third kappa shape index (κ3) is 3.28. The van der Waals surface area contributed by atoms with Gasteiger partial charge in [0.25, 0.3) is 0 Å². The minimum absolute atomic E-state index is 0.880. The van der Waals surface area contributed by atoms with Crippen molar-refractivity contribution >= 4 is 0 Å². The van der Waals surface area contributed by atoms with E-state index in [1.807, 2.05) is 19.4 Å². The van der Waals surface area contributed by atoms with Crippen molar-refractivity contribution in [3.8, 4) is 0 Å². The zero-order valence-corrected chi connectivity index (χ0v) is 13.0. The van der Waals surface area contributed by atoms with E-state index in [0.29, 0.717) is 0 Å². The average molecular weight is 275 g/mol. The average Bonchev–Trinajstić information content (AvgIpc) is 2.94. The molecule has 0 aliphatic carbocycles. The molecule has 5 nitrogen and oxygen atoms in total. The Morgan fingerprint density at radius 1 is 1.30 bits per heavy atom. The summed E-state index contributed by atoms with van der Waals surface area (Å²) in [6, 6.07) is 0. The summed E-state index contributed by atoms with van der Waals surface area (Å²) in [4.78, 5) is 4.36. The molecule has 0 spiro atoms. The molecule has 110 valence electrons. The van der Waals surface area contributed by atoms with Gasteiger partial charge in [-0.15, -0.1) is 0 Å². The third-order valence-corrected chi connectivity index (χ3v) is 3.73. The minimum Gasteiger partial charge on any atom is -0.338 e. The van der Waals surface area contributed by atoms with Crippen LogP contribution in [0.15, 0.2) is 12.4 Å². The van der Waals surface area contributed by atoms with Gasteiger partial charge in [-0.3, -0.25) is 4.68 Å². The topological polar surface area (TPSA) is 47.7 Å². The van der Waals surface area contributed by atoms with Crippen LogP contribution in [0.4, 0.5) is 0 Å². The van der Waals surface area contributed by atoms with Crippen LogP contribution in [0.3, 0.4) is 0 Å². The van der Waals surface area contributed by atoms with Gasteiger partial charge in [-0.2, -0.15) is 5.10 Å². The molecule has 0 aliphatic rings. The minimum atomic E-state index is 0.880. The van der Waals surface area contributed by atoms with E-state index < -0.39 is 0 Å². The smallest absolute Gasteiger partial charge is 0.110 e. The van der Waals surface area contributed by atoms with Crippen LogP contribution in [0.25, 0.3) is 0 Å². The lowest BCUT2D eigenvalue weighted by atomic mass is 10.2. The summed E-state index contributed by atoms with van der Waals surface area (Å²) in [5.74, 6) is 1.10. The number of nitrogens with zero attached hydrogens (tertiary/aromatic N) is 4. The molecule has 0 aromatic carbocycles. The highest BCUT2D eigenvalue weighted by molar-refractivity contribution is 5.24. The van der Waals surface area contributed by atoms with E-state index >= 15 is 0 Å². The Hall–Kier alpha value is -1.62.